The Morgan fingerprint density at radius 1 is 1.00 bits per heavy atom. The van der Waals surface area contributed by atoms with Crippen LogP contribution in [0.1, 0.15) is 52.4 Å². The summed E-state index contributed by atoms with van der Waals surface area (Å²) in [6.07, 6.45) is 4.44. The van der Waals surface area contributed by atoms with Gasteiger partial charge in [-0.3, -0.25) is 9.69 Å². The Balaban J connectivity index is 1.98. The Bertz CT molecular complexity index is 508. The van der Waals surface area contributed by atoms with Crippen molar-refractivity contribution in [3.8, 4) is 0 Å². The van der Waals surface area contributed by atoms with Gasteiger partial charge in [0.2, 0.25) is 0 Å². The van der Waals surface area contributed by atoms with Crippen molar-refractivity contribution in [1.82, 2.24) is 4.90 Å². The molecule has 0 bridgehead atoms. The molecule has 4 atom stereocenters. The van der Waals surface area contributed by atoms with Crippen LogP contribution in [-0.4, -0.2) is 55.8 Å². The van der Waals surface area contributed by atoms with Crippen LogP contribution in [0.4, 0.5) is 4.79 Å². The highest BCUT2D eigenvalue weighted by atomic mass is 16.6. The van der Waals surface area contributed by atoms with Gasteiger partial charge >= 0.3 is 18.0 Å². The Morgan fingerprint density at radius 3 is 2.38 bits per heavy atom. The number of hydrogen-bond acceptors (Lipinski definition) is 6. The normalized spacial score (nSPS) is 28.0. The summed E-state index contributed by atoms with van der Waals surface area (Å²) in [5.41, 5.74) is 0. The molecule has 1 saturated heterocycles. The van der Waals surface area contributed by atoms with Gasteiger partial charge in [0.1, 0.15) is 6.04 Å². The summed E-state index contributed by atoms with van der Waals surface area (Å²) in [5, 5.41) is 0. The highest BCUT2D eigenvalue weighted by Gasteiger charge is 2.44. The third-order valence-electron chi connectivity index (χ3n) is 5.61. The van der Waals surface area contributed by atoms with E-state index in [0.717, 1.165) is 25.7 Å². The number of carbonyl (C=O) groups is 3. The SMILES string of the molecule is CCOC(=O)CC[C@@H]1CC[C@H]2CN(C(=O)OC)[C@H](C(=O)OCC)C[C@H]2C1. The van der Waals surface area contributed by atoms with E-state index in [9.17, 15) is 14.4 Å². The fourth-order valence-electron chi connectivity index (χ4n) is 4.35. The Kier molecular flexibility index (Phi) is 7.72. The van der Waals surface area contributed by atoms with E-state index in [1.54, 1.807) is 6.92 Å². The lowest BCUT2D eigenvalue weighted by molar-refractivity contribution is -0.152. The molecule has 0 spiro atoms. The Morgan fingerprint density at radius 2 is 1.73 bits per heavy atom. The molecule has 7 heteroatoms. The first kappa shape index (κ1) is 20.5. The second-order valence-electron chi connectivity index (χ2n) is 7.17. The van der Waals surface area contributed by atoms with Crippen molar-refractivity contribution in [2.45, 2.75) is 58.4 Å². The topological polar surface area (TPSA) is 82.1 Å². The summed E-state index contributed by atoms with van der Waals surface area (Å²) >= 11 is 0. The minimum Gasteiger partial charge on any atom is -0.466 e. The van der Waals surface area contributed by atoms with Crippen LogP contribution in [0.15, 0.2) is 0 Å². The van der Waals surface area contributed by atoms with Gasteiger partial charge in [-0.2, -0.15) is 0 Å². The number of likely N-dealkylation sites (tertiary alicyclic amines) is 1. The summed E-state index contributed by atoms with van der Waals surface area (Å²) < 4.78 is 15.0. The van der Waals surface area contributed by atoms with E-state index in [0.29, 0.717) is 50.4 Å². The molecule has 2 fully saturated rings. The first-order chi connectivity index (χ1) is 12.5. The van der Waals surface area contributed by atoms with Crippen LogP contribution in [0.25, 0.3) is 0 Å². The number of amides is 1. The quantitative estimate of drug-likeness (QED) is 0.529. The van der Waals surface area contributed by atoms with Crippen LogP contribution in [0.3, 0.4) is 0 Å². The third-order valence-corrected chi connectivity index (χ3v) is 5.61. The average Bonchev–Trinajstić information content (AvgIpc) is 2.65. The number of fused-ring (bicyclic) bond motifs is 1. The Labute approximate surface area is 155 Å². The smallest absolute Gasteiger partial charge is 0.410 e. The van der Waals surface area contributed by atoms with Crippen molar-refractivity contribution in [1.29, 1.82) is 0 Å². The predicted octanol–water partition coefficient (Wildman–Crippen LogP) is 2.77. The molecule has 0 aromatic rings. The number of methoxy groups -OCH3 is 1. The lowest BCUT2D eigenvalue weighted by Crippen LogP contribution is -2.55. The molecular formula is C19H31NO6. The second kappa shape index (κ2) is 9.78. The van der Waals surface area contributed by atoms with Crippen LogP contribution >= 0.6 is 0 Å². The van der Waals surface area contributed by atoms with Crippen molar-refractivity contribution in [2.75, 3.05) is 26.9 Å². The zero-order chi connectivity index (χ0) is 19.1. The molecule has 2 rings (SSSR count). The number of nitrogens with zero attached hydrogens (tertiary/aromatic N) is 1. The van der Waals surface area contributed by atoms with E-state index in [-0.39, 0.29) is 11.9 Å². The number of piperidine rings is 1. The highest BCUT2D eigenvalue weighted by molar-refractivity contribution is 5.81. The first-order valence-electron chi connectivity index (χ1n) is 9.66. The van der Waals surface area contributed by atoms with Gasteiger partial charge in [-0.1, -0.05) is 6.42 Å². The Hall–Kier alpha value is -1.79. The van der Waals surface area contributed by atoms with Gasteiger partial charge in [-0.25, -0.2) is 9.59 Å². The molecule has 1 amide bonds. The largest absolute Gasteiger partial charge is 0.466 e. The van der Waals surface area contributed by atoms with Gasteiger partial charge in [0.05, 0.1) is 20.3 Å². The van der Waals surface area contributed by atoms with Crippen LogP contribution in [0.2, 0.25) is 0 Å². The molecule has 1 aliphatic carbocycles. The second-order valence-corrected chi connectivity index (χ2v) is 7.17. The molecule has 7 nitrogen and oxygen atoms in total. The molecule has 0 N–H and O–H groups in total. The lowest BCUT2D eigenvalue weighted by atomic mass is 9.68. The standard InChI is InChI=1S/C19H31NO6/c1-4-25-17(21)9-7-13-6-8-14-12-20(19(23)24-3)16(11-15(14)10-13)18(22)26-5-2/h13-16H,4-12H2,1-3H3/t13-,14-,15+,16-/m0/s1. The highest BCUT2D eigenvalue weighted by Crippen LogP contribution is 2.42. The van der Waals surface area contributed by atoms with Crippen molar-refractivity contribution in [3.63, 3.8) is 0 Å². The summed E-state index contributed by atoms with van der Waals surface area (Å²) in [6, 6.07) is -0.576. The number of carbonyl (C=O) groups excluding carboxylic acids is 3. The maximum absolute atomic E-state index is 12.3. The zero-order valence-corrected chi connectivity index (χ0v) is 16.1. The minimum atomic E-state index is -0.576. The van der Waals surface area contributed by atoms with Crippen LogP contribution in [0, 0.1) is 17.8 Å². The molecule has 1 aliphatic heterocycles. The van der Waals surface area contributed by atoms with Crippen LogP contribution in [0.5, 0.6) is 0 Å². The maximum Gasteiger partial charge on any atom is 0.410 e. The van der Waals surface area contributed by atoms with Gasteiger partial charge in [-0.15, -0.1) is 0 Å². The van der Waals surface area contributed by atoms with Crippen molar-refractivity contribution < 1.29 is 28.6 Å². The van der Waals surface area contributed by atoms with Gasteiger partial charge in [-0.05, 0) is 57.3 Å². The molecule has 2 aliphatic rings. The molecule has 26 heavy (non-hydrogen) atoms. The molecule has 148 valence electrons. The fraction of sp³-hybridized carbons (Fsp3) is 0.842. The van der Waals surface area contributed by atoms with E-state index in [4.69, 9.17) is 14.2 Å². The van der Waals surface area contributed by atoms with Crippen molar-refractivity contribution in [2.24, 2.45) is 17.8 Å². The van der Waals surface area contributed by atoms with Crippen molar-refractivity contribution in [3.05, 3.63) is 0 Å². The average molecular weight is 369 g/mol. The molecule has 0 aromatic carbocycles. The molecular weight excluding hydrogens is 338 g/mol. The fourth-order valence-corrected chi connectivity index (χ4v) is 4.35. The lowest BCUT2D eigenvalue weighted by Gasteiger charge is -2.46. The van der Waals surface area contributed by atoms with Gasteiger partial charge in [0.15, 0.2) is 0 Å². The van der Waals surface area contributed by atoms with Crippen LogP contribution < -0.4 is 0 Å². The molecule has 0 aromatic heterocycles. The van der Waals surface area contributed by atoms with Gasteiger partial charge in [0, 0.05) is 13.0 Å². The number of hydrogen-bond donors (Lipinski definition) is 0. The van der Waals surface area contributed by atoms with Gasteiger partial charge < -0.3 is 14.2 Å². The summed E-state index contributed by atoms with van der Waals surface area (Å²) in [4.78, 5) is 37.6. The molecule has 1 saturated carbocycles. The van der Waals surface area contributed by atoms with E-state index >= 15 is 0 Å². The number of rotatable bonds is 6. The maximum atomic E-state index is 12.3. The van der Waals surface area contributed by atoms with E-state index in [1.165, 1.54) is 12.0 Å². The predicted molar refractivity (Wildman–Crippen MR) is 94.3 cm³/mol. The zero-order valence-electron chi connectivity index (χ0n) is 16.1. The van der Waals surface area contributed by atoms with Crippen LogP contribution in [-0.2, 0) is 23.8 Å². The number of esters is 2. The molecule has 0 unspecified atom stereocenters. The molecule has 1 heterocycles. The third kappa shape index (κ3) is 5.11. The summed E-state index contributed by atoms with van der Waals surface area (Å²) in [5.74, 6) is 0.711. The van der Waals surface area contributed by atoms with Crippen molar-refractivity contribution >= 4 is 18.0 Å². The first-order valence-corrected chi connectivity index (χ1v) is 9.66. The monoisotopic (exact) mass is 369 g/mol. The molecule has 0 radical (unpaired) electrons. The van der Waals surface area contributed by atoms with E-state index in [1.807, 2.05) is 6.92 Å². The summed E-state index contributed by atoms with van der Waals surface area (Å²) in [7, 11) is 1.34. The minimum absolute atomic E-state index is 0.139. The number of ether oxygens (including phenoxy) is 3. The summed E-state index contributed by atoms with van der Waals surface area (Å²) in [6.45, 7) is 4.82. The van der Waals surface area contributed by atoms with Gasteiger partial charge in [0.25, 0.3) is 0 Å². The van der Waals surface area contributed by atoms with E-state index < -0.39 is 12.1 Å². The van der Waals surface area contributed by atoms with E-state index in [2.05, 4.69) is 0 Å².